The molecule has 3 N–H and O–H groups in total. The van der Waals surface area contributed by atoms with Crippen LogP contribution in [0.5, 0.6) is 11.5 Å². The van der Waals surface area contributed by atoms with Gasteiger partial charge in [0, 0.05) is 18.7 Å². The van der Waals surface area contributed by atoms with Crippen molar-refractivity contribution in [2.45, 2.75) is 32.7 Å². The number of unbranched alkanes of at least 4 members (excludes halogenated alkanes) is 1. The summed E-state index contributed by atoms with van der Waals surface area (Å²) in [6, 6.07) is 5.25. The van der Waals surface area contributed by atoms with Crippen molar-refractivity contribution in [3.05, 3.63) is 61.4 Å². The van der Waals surface area contributed by atoms with Crippen LogP contribution in [0.15, 0.2) is 46.6 Å². The van der Waals surface area contributed by atoms with Crippen LogP contribution in [-0.2, 0) is 31.0 Å². The molecule has 0 atom stereocenters. The molecule has 0 spiro atoms. The van der Waals surface area contributed by atoms with E-state index in [2.05, 4.69) is 0 Å². The first-order valence-corrected chi connectivity index (χ1v) is 17.3. The van der Waals surface area contributed by atoms with Crippen LogP contribution in [0.4, 0.5) is 5.69 Å². The summed E-state index contributed by atoms with van der Waals surface area (Å²) >= 11 is 6.84. The van der Waals surface area contributed by atoms with Crippen molar-refractivity contribution in [3.8, 4) is 11.5 Å². The molecule has 2 aliphatic rings. The van der Waals surface area contributed by atoms with Crippen LogP contribution >= 0.6 is 35.3 Å². The van der Waals surface area contributed by atoms with Crippen molar-refractivity contribution in [2.75, 3.05) is 30.9 Å². The van der Waals surface area contributed by atoms with E-state index >= 15 is 0 Å². The molecule has 1 aromatic heterocycles. The van der Waals surface area contributed by atoms with E-state index in [9.17, 15) is 32.7 Å². The zero-order valence-corrected chi connectivity index (χ0v) is 27.8. The molecule has 14 nitrogen and oxygen atoms in total. The number of thioether (sulfide) groups is 1. The zero-order chi connectivity index (χ0) is 33.8. The third-order valence-corrected chi connectivity index (χ3v) is 10.2. The molecule has 2 aliphatic heterocycles. The number of aliphatic carboxylic acids is 2. The highest BCUT2D eigenvalue weighted by Gasteiger charge is 2.35. The standard InChI is InChI=1S/C28H29N3O11S4/c1-3-16(12-21-29(10-4-5-11-46(38,39)40)18-13-17(41-2)7-8-19(18)42-21)6-9-20-25(36)30(14-22(32)33)27(44-20)24-26(37)31(15-23(34)35)28(43)45-24/h6-9,12-13H,3-5,10-11,14-15H2,1-2H3,(H,32,33)(H,34,35)(H,38,39,40). The van der Waals surface area contributed by atoms with Crippen molar-refractivity contribution < 1.29 is 47.0 Å². The average molecular weight is 712 g/mol. The Morgan fingerprint density at radius 2 is 1.83 bits per heavy atom. The van der Waals surface area contributed by atoms with Gasteiger partial charge in [-0.25, -0.2) is 0 Å². The maximum atomic E-state index is 13.3. The molecule has 1 amide bonds. The van der Waals surface area contributed by atoms with Gasteiger partial charge in [0.1, 0.15) is 32.7 Å². The predicted octanol–water partition coefficient (Wildman–Crippen LogP) is 1.58. The second kappa shape index (κ2) is 14.6. The Kier molecular flexibility index (Phi) is 11.1. The number of allylic oxidation sites excluding steroid dienone is 3. The van der Waals surface area contributed by atoms with Crippen LogP contribution in [0.1, 0.15) is 26.2 Å². The summed E-state index contributed by atoms with van der Waals surface area (Å²) in [5.41, 5.74) is 0.758. The number of aromatic nitrogens is 1. The van der Waals surface area contributed by atoms with Crippen LogP contribution in [0, 0.1) is 0 Å². The Labute approximate surface area is 276 Å². The fraction of sp³-hybridized carbons (Fsp3) is 0.321. The first-order valence-electron chi connectivity index (χ1n) is 13.6. The van der Waals surface area contributed by atoms with Gasteiger partial charge in [0.05, 0.1) is 23.1 Å². The number of methoxy groups -OCH3 is 1. The lowest BCUT2D eigenvalue weighted by Gasteiger charge is -2.19. The van der Waals surface area contributed by atoms with Gasteiger partial charge in [-0.15, -0.1) is 11.3 Å². The molecule has 3 heterocycles. The lowest BCUT2D eigenvalue weighted by atomic mass is 10.1. The Morgan fingerprint density at radius 3 is 2.46 bits per heavy atom. The number of thiocarbonyl (C=S) groups is 1. The molecule has 1 aromatic carbocycles. The monoisotopic (exact) mass is 711 g/mol. The van der Waals surface area contributed by atoms with Crippen LogP contribution < -0.4 is 29.1 Å². The molecule has 46 heavy (non-hydrogen) atoms. The molecule has 0 bridgehead atoms. The SMILES string of the molecule is CCC(=CC=c1sc(=C2SC(=S)N(CC(=O)O)C2=O)n(CC(=O)O)c1=O)C=C1Oc2ccc(OC)cc2N1CCCCS(=O)(=O)O. The van der Waals surface area contributed by atoms with Gasteiger partial charge < -0.3 is 24.6 Å². The van der Waals surface area contributed by atoms with Gasteiger partial charge in [-0.2, -0.15) is 8.42 Å². The molecule has 18 heteroatoms. The lowest BCUT2D eigenvalue weighted by Crippen LogP contribution is -2.36. The van der Waals surface area contributed by atoms with E-state index in [0.717, 1.165) is 32.6 Å². The molecule has 2 aromatic rings. The van der Waals surface area contributed by atoms with E-state index in [1.165, 1.54) is 13.2 Å². The van der Waals surface area contributed by atoms with Gasteiger partial charge in [-0.05, 0) is 43.0 Å². The molecule has 0 unspecified atom stereocenters. The molecule has 246 valence electrons. The van der Waals surface area contributed by atoms with E-state index in [1.54, 1.807) is 30.4 Å². The summed E-state index contributed by atoms with van der Waals surface area (Å²) < 4.78 is 44.0. The average Bonchev–Trinajstić information content (AvgIpc) is 3.58. The maximum Gasteiger partial charge on any atom is 0.323 e. The quantitative estimate of drug-likeness (QED) is 0.154. The third-order valence-electron chi connectivity index (χ3n) is 6.68. The zero-order valence-electron chi connectivity index (χ0n) is 24.5. The van der Waals surface area contributed by atoms with Crippen LogP contribution in [-0.4, -0.2) is 80.8 Å². The Balaban J connectivity index is 1.74. The van der Waals surface area contributed by atoms with Crippen LogP contribution in [0.3, 0.4) is 0 Å². The number of anilines is 1. The molecule has 1 fully saturated rings. The topological polar surface area (TPSA) is 193 Å². The molecule has 0 aliphatic carbocycles. The highest BCUT2D eigenvalue weighted by molar-refractivity contribution is 8.30. The summed E-state index contributed by atoms with van der Waals surface area (Å²) in [7, 11) is -2.58. The molecular weight excluding hydrogens is 683 g/mol. The Morgan fingerprint density at radius 1 is 1.11 bits per heavy atom. The van der Waals surface area contributed by atoms with E-state index in [-0.39, 0.29) is 30.6 Å². The first-order chi connectivity index (χ1) is 21.7. The second-order valence-electron chi connectivity index (χ2n) is 9.86. The molecular formula is C28H29N3O11S4. The minimum Gasteiger partial charge on any atom is -0.497 e. The number of thiazole rings is 1. The lowest BCUT2D eigenvalue weighted by molar-refractivity contribution is -0.140. The summed E-state index contributed by atoms with van der Waals surface area (Å²) in [6.45, 7) is 0.845. The van der Waals surface area contributed by atoms with E-state index < -0.39 is 46.6 Å². The smallest absolute Gasteiger partial charge is 0.323 e. The second-order valence-corrected chi connectivity index (χ2v) is 14.1. The largest absolute Gasteiger partial charge is 0.497 e. The number of rotatable bonds is 13. The van der Waals surface area contributed by atoms with Crippen molar-refractivity contribution in [1.82, 2.24) is 9.47 Å². The summed E-state index contributed by atoms with van der Waals surface area (Å²) in [5.74, 6) is -2.14. The highest BCUT2D eigenvalue weighted by Crippen LogP contribution is 2.42. The molecule has 0 radical (unpaired) electrons. The van der Waals surface area contributed by atoms with Gasteiger partial charge in [0.2, 0.25) is 5.88 Å². The fourth-order valence-corrected chi connectivity index (χ4v) is 7.51. The van der Waals surface area contributed by atoms with Crippen molar-refractivity contribution >= 4 is 84.3 Å². The number of amides is 1. The number of nitrogens with zero attached hydrogens (tertiary/aromatic N) is 3. The number of hydrogen-bond donors (Lipinski definition) is 3. The van der Waals surface area contributed by atoms with Crippen LogP contribution in [0.25, 0.3) is 11.0 Å². The number of ether oxygens (including phenoxy) is 2. The Hall–Kier alpha value is -3.97. The first kappa shape index (κ1) is 34.9. The normalized spacial score (nSPS) is 17.6. The van der Waals surface area contributed by atoms with Gasteiger partial charge in [-0.3, -0.25) is 33.2 Å². The molecule has 4 rings (SSSR count). The van der Waals surface area contributed by atoms with Gasteiger partial charge in [0.15, 0.2) is 5.75 Å². The number of carboxylic acids is 2. The number of carbonyl (C=O) groups excluding carboxylic acids is 1. The Bertz CT molecular complexity index is 1940. The van der Waals surface area contributed by atoms with Gasteiger partial charge in [-0.1, -0.05) is 37.0 Å². The predicted molar refractivity (Wildman–Crippen MR) is 176 cm³/mol. The third kappa shape index (κ3) is 8.24. The maximum absolute atomic E-state index is 13.3. The minimum absolute atomic E-state index is 0.0202. The number of carbonyl (C=O) groups is 3. The van der Waals surface area contributed by atoms with Crippen LogP contribution in [0.2, 0.25) is 0 Å². The van der Waals surface area contributed by atoms with Gasteiger partial charge in [0.25, 0.3) is 21.6 Å². The van der Waals surface area contributed by atoms with Crippen molar-refractivity contribution in [3.63, 3.8) is 0 Å². The van der Waals surface area contributed by atoms with Gasteiger partial charge >= 0.3 is 11.9 Å². The van der Waals surface area contributed by atoms with E-state index in [1.807, 2.05) is 11.8 Å². The van der Waals surface area contributed by atoms with E-state index in [4.69, 9.17) is 31.4 Å². The number of carboxylic acid groups (broad SMARTS) is 2. The fourth-order valence-electron chi connectivity index (χ4n) is 4.49. The van der Waals surface area contributed by atoms with E-state index in [0.29, 0.717) is 48.0 Å². The summed E-state index contributed by atoms with van der Waals surface area (Å²) in [6.07, 6.45) is 6.04. The molecule has 0 saturated carbocycles. The van der Waals surface area contributed by atoms with Crippen molar-refractivity contribution in [1.29, 1.82) is 0 Å². The highest BCUT2D eigenvalue weighted by atomic mass is 32.2. The number of fused-ring (bicyclic) bond motifs is 1. The number of hydrogen-bond acceptors (Lipinski definition) is 12. The minimum atomic E-state index is -4.10. The molecule has 1 saturated heterocycles. The number of benzene rings is 1. The van der Waals surface area contributed by atoms with Crippen molar-refractivity contribution in [2.24, 2.45) is 0 Å². The summed E-state index contributed by atoms with van der Waals surface area (Å²) in [5, 5.41) is 18.6. The summed E-state index contributed by atoms with van der Waals surface area (Å²) in [4.78, 5) is 51.8.